The zero-order chi connectivity index (χ0) is 21.0. The van der Waals surface area contributed by atoms with Crippen LogP contribution in [0.1, 0.15) is 26.3 Å². The van der Waals surface area contributed by atoms with Crippen molar-refractivity contribution in [3.63, 3.8) is 0 Å². The standard InChI is InChI=1S/C21H23N3O5/c1-21(2,3)20(26)29-13-24-12-23-16-10-18(17(27-4)9-15(16)19(24)25)28-11-14-5-7-22-8-6-14/h5-10,12H,11,13H2,1-4H3. The van der Waals surface area contributed by atoms with Crippen LogP contribution in [0.2, 0.25) is 0 Å². The number of rotatable bonds is 6. The van der Waals surface area contributed by atoms with Gasteiger partial charge in [0.1, 0.15) is 12.9 Å². The second-order valence-electron chi connectivity index (χ2n) is 7.49. The Morgan fingerprint density at radius 1 is 1.14 bits per heavy atom. The number of nitrogens with zero attached hydrogens (tertiary/aromatic N) is 3. The van der Waals surface area contributed by atoms with Crippen LogP contribution in [-0.4, -0.2) is 27.6 Å². The maximum absolute atomic E-state index is 12.8. The van der Waals surface area contributed by atoms with Gasteiger partial charge >= 0.3 is 5.97 Å². The van der Waals surface area contributed by atoms with Crippen molar-refractivity contribution in [2.75, 3.05) is 7.11 Å². The maximum Gasteiger partial charge on any atom is 0.312 e. The first-order chi connectivity index (χ1) is 13.8. The Hall–Kier alpha value is -3.42. The van der Waals surface area contributed by atoms with Gasteiger partial charge in [-0.2, -0.15) is 0 Å². The first-order valence-corrected chi connectivity index (χ1v) is 9.05. The van der Waals surface area contributed by atoms with Crippen molar-refractivity contribution < 1.29 is 19.0 Å². The van der Waals surface area contributed by atoms with Gasteiger partial charge in [0.15, 0.2) is 18.2 Å². The molecule has 0 spiro atoms. The van der Waals surface area contributed by atoms with Crippen LogP contribution in [0.4, 0.5) is 0 Å². The van der Waals surface area contributed by atoms with Gasteiger partial charge in [-0.25, -0.2) is 4.98 Å². The molecule has 8 nitrogen and oxygen atoms in total. The molecule has 0 radical (unpaired) electrons. The van der Waals surface area contributed by atoms with Gasteiger partial charge < -0.3 is 14.2 Å². The zero-order valence-electron chi connectivity index (χ0n) is 16.8. The number of aromatic nitrogens is 3. The quantitative estimate of drug-likeness (QED) is 0.591. The summed E-state index contributed by atoms with van der Waals surface area (Å²) in [7, 11) is 1.50. The van der Waals surface area contributed by atoms with Crippen LogP contribution >= 0.6 is 0 Å². The van der Waals surface area contributed by atoms with Crippen molar-refractivity contribution in [2.45, 2.75) is 34.1 Å². The van der Waals surface area contributed by atoms with E-state index in [9.17, 15) is 9.59 Å². The van der Waals surface area contributed by atoms with E-state index in [4.69, 9.17) is 14.2 Å². The Kier molecular flexibility index (Phi) is 5.81. The fourth-order valence-electron chi connectivity index (χ4n) is 2.52. The van der Waals surface area contributed by atoms with Gasteiger partial charge in [0.2, 0.25) is 0 Å². The van der Waals surface area contributed by atoms with Crippen LogP contribution in [0.5, 0.6) is 11.5 Å². The third-order valence-corrected chi connectivity index (χ3v) is 4.20. The predicted octanol–water partition coefficient (Wildman–Crippen LogP) is 2.93. The second-order valence-corrected chi connectivity index (χ2v) is 7.49. The molecule has 0 amide bonds. The molecular weight excluding hydrogens is 374 g/mol. The summed E-state index contributed by atoms with van der Waals surface area (Å²) in [5.41, 5.74) is 0.416. The highest BCUT2D eigenvalue weighted by Gasteiger charge is 2.23. The Labute approximate surface area is 168 Å². The molecule has 0 aliphatic heterocycles. The first kappa shape index (κ1) is 20.3. The van der Waals surface area contributed by atoms with Crippen molar-refractivity contribution in [3.8, 4) is 11.5 Å². The highest BCUT2D eigenvalue weighted by Crippen LogP contribution is 2.31. The summed E-state index contributed by atoms with van der Waals surface area (Å²) in [6.07, 6.45) is 4.72. The number of fused-ring (bicyclic) bond motifs is 1. The minimum absolute atomic E-state index is 0.208. The maximum atomic E-state index is 12.8. The monoisotopic (exact) mass is 397 g/mol. The van der Waals surface area contributed by atoms with Crippen molar-refractivity contribution in [2.24, 2.45) is 5.41 Å². The van der Waals surface area contributed by atoms with E-state index in [2.05, 4.69) is 9.97 Å². The van der Waals surface area contributed by atoms with Crippen LogP contribution in [0.15, 0.2) is 47.8 Å². The molecule has 2 aromatic heterocycles. The van der Waals surface area contributed by atoms with E-state index in [-0.39, 0.29) is 12.3 Å². The highest BCUT2D eigenvalue weighted by atomic mass is 16.5. The minimum Gasteiger partial charge on any atom is -0.493 e. The number of benzene rings is 1. The number of methoxy groups -OCH3 is 1. The summed E-state index contributed by atoms with van der Waals surface area (Å²) in [6, 6.07) is 6.93. The van der Waals surface area contributed by atoms with Gasteiger partial charge in [-0.3, -0.25) is 19.1 Å². The smallest absolute Gasteiger partial charge is 0.312 e. The van der Waals surface area contributed by atoms with E-state index >= 15 is 0 Å². The molecule has 0 atom stereocenters. The van der Waals surface area contributed by atoms with Crippen molar-refractivity contribution in [1.29, 1.82) is 0 Å². The molecule has 0 saturated heterocycles. The highest BCUT2D eigenvalue weighted by molar-refractivity contribution is 5.81. The summed E-state index contributed by atoms with van der Waals surface area (Å²) in [6.45, 7) is 5.35. The molecule has 0 aliphatic rings. The molecule has 3 rings (SSSR count). The molecule has 3 aromatic rings. The van der Waals surface area contributed by atoms with E-state index < -0.39 is 11.4 Å². The number of hydrogen-bond acceptors (Lipinski definition) is 7. The third-order valence-electron chi connectivity index (χ3n) is 4.20. The van der Waals surface area contributed by atoms with Crippen LogP contribution in [0.25, 0.3) is 10.9 Å². The lowest BCUT2D eigenvalue weighted by molar-refractivity contribution is -0.157. The molecule has 0 unspecified atom stereocenters. The van der Waals surface area contributed by atoms with Gasteiger partial charge in [-0.1, -0.05) is 0 Å². The van der Waals surface area contributed by atoms with Crippen LogP contribution in [0.3, 0.4) is 0 Å². The second kappa shape index (κ2) is 8.30. The van der Waals surface area contributed by atoms with Crippen LogP contribution in [-0.2, 0) is 22.9 Å². The van der Waals surface area contributed by atoms with E-state index in [0.29, 0.717) is 29.0 Å². The van der Waals surface area contributed by atoms with Gasteiger partial charge in [-0.15, -0.1) is 0 Å². The number of esters is 1. The molecule has 0 N–H and O–H groups in total. The lowest BCUT2D eigenvalue weighted by Crippen LogP contribution is -2.28. The predicted molar refractivity (Wildman–Crippen MR) is 107 cm³/mol. The number of carbonyl (C=O) groups excluding carboxylic acids is 1. The summed E-state index contributed by atoms with van der Waals surface area (Å²) < 4.78 is 17.7. The largest absolute Gasteiger partial charge is 0.493 e. The fraction of sp³-hybridized carbons (Fsp3) is 0.333. The fourth-order valence-corrected chi connectivity index (χ4v) is 2.52. The average Bonchev–Trinajstić information content (AvgIpc) is 2.71. The normalized spacial score (nSPS) is 11.3. The molecule has 0 fully saturated rings. The molecule has 8 heteroatoms. The molecule has 0 aliphatic carbocycles. The van der Waals surface area contributed by atoms with E-state index in [1.54, 1.807) is 45.3 Å². The molecule has 0 saturated carbocycles. The lowest BCUT2D eigenvalue weighted by atomic mass is 9.98. The summed E-state index contributed by atoms with van der Waals surface area (Å²) in [4.78, 5) is 33.0. The average molecular weight is 397 g/mol. The van der Waals surface area contributed by atoms with E-state index in [1.807, 2.05) is 12.1 Å². The zero-order valence-corrected chi connectivity index (χ0v) is 16.8. The summed E-state index contributed by atoms with van der Waals surface area (Å²) >= 11 is 0. The number of pyridine rings is 1. The minimum atomic E-state index is -0.655. The van der Waals surface area contributed by atoms with Gasteiger partial charge in [0.05, 0.1) is 23.4 Å². The Balaban J connectivity index is 1.86. The molecule has 0 bridgehead atoms. The van der Waals surface area contributed by atoms with Gasteiger partial charge in [0, 0.05) is 18.5 Å². The van der Waals surface area contributed by atoms with Crippen molar-refractivity contribution in [1.82, 2.24) is 14.5 Å². The third kappa shape index (κ3) is 4.71. The SMILES string of the molecule is COc1cc2c(=O)n(COC(=O)C(C)(C)C)cnc2cc1OCc1ccncc1. The summed E-state index contributed by atoms with van der Waals surface area (Å²) in [5, 5.41) is 0.340. The Morgan fingerprint density at radius 3 is 2.52 bits per heavy atom. The van der Waals surface area contributed by atoms with Gasteiger partial charge in [-0.05, 0) is 44.5 Å². The Morgan fingerprint density at radius 2 is 1.86 bits per heavy atom. The summed E-state index contributed by atoms with van der Waals surface area (Å²) in [5.74, 6) is 0.484. The molecule has 29 heavy (non-hydrogen) atoms. The topological polar surface area (TPSA) is 92.5 Å². The molecule has 1 aromatic carbocycles. The molecule has 2 heterocycles. The number of carbonyl (C=O) groups is 1. The number of hydrogen-bond donors (Lipinski definition) is 0. The number of ether oxygens (including phenoxy) is 3. The lowest BCUT2D eigenvalue weighted by Gasteiger charge is -2.17. The van der Waals surface area contributed by atoms with E-state index in [0.717, 1.165) is 5.56 Å². The van der Waals surface area contributed by atoms with Crippen molar-refractivity contribution >= 4 is 16.9 Å². The van der Waals surface area contributed by atoms with Crippen LogP contribution < -0.4 is 15.0 Å². The van der Waals surface area contributed by atoms with Crippen LogP contribution in [0, 0.1) is 5.41 Å². The van der Waals surface area contributed by atoms with Gasteiger partial charge in [0.25, 0.3) is 5.56 Å². The molecular formula is C21H23N3O5. The first-order valence-electron chi connectivity index (χ1n) is 9.05. The molecule has 152 valence electrons. The Bertz CT molecular complexity index is 1070. The van der Waals surface area contributed by atoms with Crippen molar-refractivity contribution in [3.05, 3.63) is 58.9 Å². The van der Waals surface area contributed by atoms with E-state index in [1.165, 1.54) is 18.0 Å².